The molecule has 2 aromatic carbocycles. The second-order valence-corrected chi connectivity index (χ2v) is 6.30. The number of furan rings is 1. The summed E-state index contributed by atoms with van der Waals surface area (Å²) >= 11 is 0. The lowest BCUT2D eigenvalue weighted by molar-refractivity contribution is -0.129. The number of benzene rings is 2. The molecule has 1 aromatic heterocycles. The average molecular weight is 434 g/mol. The average Bonchev–Trinajstić information content (AvgIpc) is 3.31. The van der Waals surface area contributed by atoms with E-state index in [1.807, 2.05) is 13.0 Å². The van der Waals surface area contributed by atoms with E-state index in [1.54, 1.807) is 54.6 Å². The molecule has 0 saturated carbocycles. The van der Waals surface area contributed by atoms with Crippen LogP contribution in [0.1, 0.15) is 18.2 Å². The minimum atomic E-state index is -0.548. The molecule has 8 nitrogen and oxygen atoms in total. The van der Waals surface area contributed by atoms with Gasteiger partial charge in [-0.2, -0.15) is 5.10 Å². The highest BCUT2D eigenvalue weighted by Crippen LogP contribution is 2.26. The number of esters is 1. The van der Waals surface area contributed by atoms with Gasteiger partial charge in [-0.1, -0.05) is 24.3 Å². The van der Waals surface area contributed by atoms with E-state index in [1.165, 1.54) is 24.6 Å². The Balaban J connectivity index is 1.48. The topological polar surface area (TPSA) is 99.4 Å². The van der Waals surface area contributed by atoms with E-state index >= 15 is 0 Å². The molecule has 0 radical (unpaired) electrons. The maximum absolute atomic E-state index is 12.0. The van der Waals surface area contributed by atoms with Gasteiger partial charge < -0.3 is 18.6 Å². The first-order chi connectivity index (χ1) is 15.6. The Morgan fingerprint density at radius 2 is 1.84 bits per heavy atom. The number of nitrogens with one attached hydrogen (secondary N) is 1. The van der Waals surface area contributed by atoms with Crippen molar-refractivity contribution in [1.82, 2.24) is 5.43 Å². The van der Waals surface area contributed by atoms with Crippen molar-refractivity contribution in [3.63, 3.8) is 0 Å². The third-order valence-corrected chi connectivity index (χ3v) is 3.91. The van der Waals surface area contributed by atoms with Gasteiger partial charge in [0.2, 0.25) is 0 Å². The molecule has 1 amide bonds. The van der Waals surface area contributed by atoms with Crippen LogP contribution in [-0.2, 0) is 9.59 Å². The van der Waals surface area contributed by atoms with Crippen LogP contribution in [0.25, 0.3) is 6.08 Å². The summed E-state index contributed by atoms with van der Waals surface area (Å²) in [7, 11) is 0. The summed E-state index contributed by atoms with van der Waals surface area (Å²) in [5, 5.41) is 3.90. The summed E-state index contributed by atoms with van der Waals surface area (Å²) < 4.78 is 21.3. The lowest BCUT2D eigenvalue weighted by Crippen LogP contribution is -2.24. The zero-order chi connectivity index (χ0) is 22.6. The number of hydrogen-bond donors (Lipinski definition) is 1. The molecule has 0 fully saturated rings. The van der Waals surface area contributed by atoms with Crippen LogP contribution in [-0.4, -0.2) is 31.3 Å². The number of carbonyl (C=O) groups excluding carboxylic acids is 2. The molecule has 3 aromatic rings. The van der Waals surface area contributed by atoms with Gasteiger partial charge in [0, 0.05) is 6.08 Å². The summed E-state index contributed by atoms with van der Waals surface area (Å²) in [5.41, 5.74) is 3.02. The van der Waals surface area contributed by atoms with Gasteiger partial charge in [-0.05, 0) is 55.0 Å². The van der Waals surface area contributed by atoms with Crippen molar-refractivity contribution >= 4 is 24.2 Å². The van der Waals surface area contributed by atoms with Crippen LogP contribution in [0, 0.1) is 0 Å². The van der Waals surface area contributed by atoms with Gasteiger partial charge >= 0.3 is 5.97 Å². The molecule has 0 aliphatic heterocycles. The Morgan fingerprint density at radius 1 is 1.03 bits per heavy atom. The number of nitrogens with zero attached hydrogens (tertiary/aromatic N) is 1. The summed E-state index contributed by atoms with van der Waals surface area (Å²) in [5.74, 6) is 0.946. The van der Waals surface area contributed by atoms with Gasteiger partial charge in [0.25, 0.3) is 5.91 Å². The number of carbonyl (C=O) groups is 2. The largest absolute Gasteiger partial charge is 0.490 e. The second kappa shape index (κ2) is 11.8. The van der Waals surface area contributed by atoms with E-state index in [9.17, 15) is 9.59 Å². The fourth-order valence-corrected chi connectivity index (χ4v) is 2.54. The van der Waals surface area contributed by atoms with E-state index in [0.29, 0.717) is 35.2 Å². The maximum atomic E-state index is 12.0. The quantitative estimate of drug-likeness (QED) is 0.171. The van der Waals surface area contributed by atoms with Gasteiger partial charge in [-0.25, -0.2) is 10.2 Å². The number of ether oxygens (including phenoxy) is 3. The lowest BCUT2D eigenvalue weighted by Gasteiger charge is -2.10. The fourth-order valence-electron chi connectivity index (χ4n) is 2.54. The second-order valence-electron chi connectivity index (χ2n) is 6.30. The lowest BCUT2D eigenvalue weighted by atomic mass is 10.2. The van der Waals surface area contributed by atoms with Crippen LogP contribution in [0.4, 0.5) is 0 Å². The molecular weight excluding hydrogens is 412 g/mol. The molecule has 8 heteroatoms. The minimum Gasteiger partial charge on any atom is -0.490 e. The number of rotatable bonds is 10. The molecule has 32 heavy (non-hydrogen) atoms. The van der Waals surface area contributed by atoms with Gasteiger partial charge in [0.05, 0.1) is 19.1 Å². The Kier molecular flexibility index (Phi) is 8.21. The summed E-state index contributed by atoms with van der Waals surface area (Å²) in [6.45, 7) is 2.14. The maximum Gasteiger partial charge on any atom is 0.336 e. The molecule has 0 spiro atoms. The predicted molar refractivity (Wildman–Crippen MR) is 119 cm³/mol. The normalized spacial score (nSPS) is 10.9. The van der Waals surface area contributed by atoms with Crippen LogP contribution < -0.4 is 19.6 Å². The van der Waals surface area contributed by atoms with E-state index in [0.717, 1.165) is 0 Å². The van der Waals surface area contributed by atoms with Crippen LogP contribution in [0.15, 0.2) is 82.5 Å². The Morgan fingerprint density at radius 3 is 2.59 bits per heavy atom. The van der Waals surface area contributed by atoms with E-state index in [-0.39, 0.29) is 6.61 Å². The highest BCUT2D eigenvalue weighted by molar-refractivity contribution is 5.89. The Hall–Kier alpha value is -4.33. The van der Waals surface area contributed by atoms with Gasteiger partial charge in [-0.15, -0.1) is 0 Å². The van der Waals surface area contributed by atoms with Gasteiger partial charge in [0.15, 0.2) is 18.1 Å². The number of hydrogen-bond acceptors (Lipinski definition) is 7. The Bertz CT molecular complexity index is 1090. The molecule has 0 aliphatic rings. The van der Waals surface area contributed by atoms with Crippen LogP contribution in [0.2, 0.25) is 0 Å². The van der Waals surface area contributed by atoms with Crippen molar-refractivity contribution < 1.29 is 28.2 Å². The van der Waals surface area contributed by atoms with Gasteiger partial charge in [-0.3, -0.25) is 4.79 Å². The van der Waals surface area contributed by atoms with E-state index in [4.69, 9.17) is 18.6 Å². The predicted octanol–water partition coefficient (Wildman–Crippen LogP) is 3.83. The van der Waals surface area contributed by atoms with Gasteiger partial charge in [0.1, 0.15) is 11.5 Å². The number of para-hydroxylation sites is 2. The fraction of sp³-hybridized carbons (Fsp3) is 0.125. The molecule has 164 valence electrons. The van der Waals surface area contributed by atoms with Crippen LogP contribution >= 0.6 is 0 Å². The third-order valence-electron chi connectivity index (χ3n) is 3.91. The van der Waals surface area contributed by atoms with Crippen molar-refractivity contribution in [2.75, 3.05) is 13.2 Å². The molecule has 0 saturated heterocycles. The van der Waals surface area contributed by atoms with Crippen molar-refractivity contribution in [2.45, 2.75) is 6.92 Å². The van der Waals surface area contributed by atoms with E-state index < -0.39 is 11.9 Å². The zero-order valence-corrected chi connectivity index (χ0v) is 17.4. The molecule has 1 heterocycles. The van der Waals surface area contributed by atoms with Crippen LogP contribution in [0.5, 0.6) is 17.2 Å². The summed E-state index contributed by atoms with van der Waals surface area (Å²) in [4.78, 5) is 23.9. The standard InChI is InChI=1S/C24H22N2O6/c1-2-29-21-10-3-4-11-22(21)31-17-23(27)26-25-16-18-7-5-8-20(15-18)32-24(28)13-12-19-9-6-14-30-19/h3-16H,2,17H2,1H3,(H,26,27)/b13-12-,25-16?. The molecular formula is C24H22N2O6. The van der Waals surface area contributed by atoms with Crippen LogP contribution in [0.3, 0.4) is 0 Å². The third kappa shape index (κ3) is 7.17. The molecule has 0 aliphatic carbocycles. The summed E-state index contributed by atoms with van der Waals surface area (Å²) in [6, 6.07) is 17.2. The molecule has 0 unspecified atom stereocenters. The minimum absolute atomic E-state index is 0.221. The monoisotopic (exact) mass is 434 g/mol. The highest BCUT2D eigenvalue weighted by Gasteiger charge is 2.07. The number of amides is 1. The first kappa shape index (κ1) is 22.4. The van der Waals surface area contributed by atoms with Crippen molar-refractivity contribution in [3.05, 3.63) is 84.3 Å². The molecule has 1 N–H and O–H groups in total. The van der Waals surface area contributed by atoms with Crippen molar-refractivity contribution in [3.8, 4) is 17.2 Å². The zero-order valence-electron chi connectivity index (χ0n) is 17.4. The first-order valence-corrected chi connectivity index (χ1v) is 9.84. The van der Waals surface area contributed by atoms with E-state index in [2.05, 4.69) is 10.5 Å². The molecule has 0 atom stereocenters. The first-order valence-electron chi connectivity index (χ1n) is 9.84. The SMILES string of the molecule is CCOc1ccccc1OCC(=O)NN=Cc1cccc(OC(=O)/C=C\c2ccco2)c1. The number of hydrazone groups is 1. The smallest absolute Gasteiger partial charge is 0.336 e. The molecule has 0 bridgehead atoms. The Labute approximate surface area is 185 Å². The molecule has 3 rings (SSSR count). The highest BCUT2D eigenvalue weighted by atomic mass is 16.5. The van der Waals surface area contributed by atoms with Crippen molar-refractivity contribution in [1.29, 1.82) is 0 Å². The summed E-state index contributed by atoms with van der Waals surface area (Å²) in [6.07, 6.45) is 5.72. The van der Waals surface area contributed by atoms with Crippen molar-refractivity contribution in [2.24, 2.45) is 5.10 Å².